The van der Waals surface area contributed by atoms with Gasteiger partial charge >= 0.3 is 0 Å². The van der Waals surface area contributed by atoms with Gasteiger partial charge in [0.05, 0.1) is 0 Å². The monoisotopic (exact) mass is 1190 g/mol. The Morgan fingerprint density at radius 2 is 0.375 bits per heavy atom. The topological polar surface area (TPSA) is 109 Å². The molecule has 8 heteroatoms. The summed E-state index contributed by atoms with van der Waals surface area (Å²) in [4.78, 5) is 42.3. The van der Waals surface area contributed by atoms with Crippen LogP contribution >= 0.6 is 0 Å². The van der Waals surface area contributed by atoms with E-state index in [1.165, 1.54) is 250 Å². The maximum absolute atomic E-state index is 5.78. The Balaban J connectivity index is 1.39. The van der Waals surface area contributed by atoms with E-state index < -0.39 is 0 Å². The van der Waals surface area contributed by atoms with Gasteiger partial charge in [-0.25, -0.2) is 29.9 Å². The number of H-pyrrole nitrogens is 2. The number of aryl methyl sites for hydroxylation is 8. The Morgan fingerprint density at radius 3 is 0.545 bits per heavy atom. The van der Waals surface area contributed by atoms with Crippen LogP contribution in [0, 0.1) is 0 Å². The van der Waals surface area contributed by atoms with Gasteiger partial charge in [-0.15, -0.1) is 0 Å². The van der Waals surface area contributed by atoms with E-state index in [2.05, 4.69) is 114 Å². The van der Waals surface area contributed by atoms with Crippen LogP contribution in [0.15, 0.2) is 48.5 Å². The molecule has 0 saturated heterocycles. The number of unbranched alkanes of at least 4 members (excludes halogenated alkanes) is 24. The van der Waals surface area contributed by atoms with Gasteiger partial charge in [0.1, 0.15) is 22.6 Å². The van der Waals surface area contributed by atoms with E-state index in [1.807, 2.05) is 0 Å². The molecule has 474 valence electrons. The highest BCUT2D eigenvalue weighted by atomic mass is 15.1. The van der Waals surface area contributed by atoms with Gasteiger partial charge in [0.2, 0.25) is 0 Å². The van der Waals surface area contributed by atoms with Crippen molar-refractivity contribution in [3.05, 3.63) is 93.0 Å². The number of rotatable bonds is 40. The van der Waals surface area contributed by atoms with Gasteiger partial charge in [-0.3, -0.25) is 0 Å². The van der Waals surface area contributed by atoms with E-state index in [1.54, 1.807) is 0 Å². The van der Waals surface area contributed by atoms with Crippen LogP contribution in [0.5, 0.6) is 0 Å². The second-order valence-electron chi connectivity index (χ2n) is 26.8. The maximum Gasteiger partial charge on any atom is 0.164 e. The van der Waals surface area contributed by atoms with Crippen molar-refractivity contribution in [3.63, 3.8) is 0 Å². The molecule has 0 atom stereocenters. The minimum Gasteiger partial charge on any atom is -0.324 e. The van der Waals surface area contributed by atoms with Gasteiger partial charge in [-0.2, -0.15) is 0 Å². The number of nitrogens with zero attached hydrogens (tertiary/aromatic N) is 6. The Labute approximate surface area is 532 Å². The fourth-order valence-electron chi connectivity index (χ4n) is 14.1. The Hall–Kier alpha value is -5.76. The van der Waals surface area contributed by atoms with Gasteiger partial charge in [-0.05, 0) is 196 Å². The van der Waals surface area contributed by atoms with Gasteiger partial charge in [-0.1, -0.05) is 209 Å². The molecule has 2 aliphatic rings. The van der Waals surface area contributed by atoms with Crippen LogP contribution in [0.3, 0.4) is 0 Å². The van der Waals surface area contributed by atoms with Crippen molar-refractivity contribution in [3.8, 4) is 45.6 Å². The van der Waals surface area contributed by atoms with Gasteiger partial charge in [0.15, 0.2) is 23.3 Å². The minimum absolute atomic E-state index is 0.723. The third kappa shape index (κ3) is 17.4. The number of aromatic nitrogens is 8. The first-order chi connectivity index (χ1) is 43.3. The summed E-state index contributed by atoms with van der Waals surface area (Å²) in [5, 5.41) is 4.43. The summed E-state index contributed by atoms with van der Waals surface area (Å²) in [7, 11) is 0. The summed E-state index contributed by atoms with van der Waals surface area (Å²) in [6.07, 6.45) is 47.8. The molecule has 8 bridgehead atoms. The van der Waals surface area contributed by atoms with E-state index in [9.17, 15) is 0 Å². The first-order valence-electron chi connectivity index (χ1n) is 36.8. The predicted octanol–water partition coefficient (Wildman–Crippen LogP) is 23.9. The fourth-order valence-corrected chi connectivity index (χ4v) is 14.1. The molecule has 5 heterocycles. The third-order valence-corrected chi connectivity index (χ3v) is 19.5. The largest absolute Gasteiger partial charge is 0.324 e. The molecule has 0 radical (unpaired) electrons. The number of nitrogens with one attached hydrogen (secondary N) is 2. The van der Waals surface area contributed by atoms with E-state index in [0.717, 1.165) is 141 Å². The van der Waals surface area contributed by atoms with Crippen LogP contribution in [0.2, 0.25) is 0 Å². The highest BCUT2D eigenvalue weighted by Crippen LogP contribution is 2.42. The lowest BCUT2D eigenvalue weighted by Gasteiger charge is -2.13. The van der Waals surface area contributed by atoms with E-state index in [-0.39, 0.29) is 0 Å². The Bertz CT molecular complexity index is 3060. The summed E-state index contributed by atoms with van der Waals surface area (Å²) in [5.74, 6) is 2.89. The van der Waals surface area contributed by atoms with E-state index >= 15 is 0 Å². The molecule has 9 rings (SSSR count). The number of fused-ring (bicyclic) bond motifs is 20. The molecule has 0 spiro atoms. The van der Waals surface area contributed by atoms with Crippen molar-refractivity contribution in [1.82, 2.24) is 39.9 Å². The molecule has 2 N–H and O–H groups in total. The number of aromatic amines is 2. The molecule has 7 aromatic rings. The number of hydrogen-bond acceptors (Lipinski definition) is 6. The minimum atomic E-state index is 0.723. The van der Waals surface area contributed by atoms with Crippen LogP contribution in [-0.2, 0) is 51.4 Å². The summed E-state index contributed by atoms with van der Waals surface area (Å²) >= 11 is 0. The normalized spacial score (nSPS) is 12.1. The van der Waals surface area contributed by atoms with Crippen LogP contribution in [0.4, 0.5) is 0 Å². The first kappa shape index (κ1) is 66.7. The maximum atomic E-state index is 5.78. The van der Waals surface area contributed by atoms with Crippen molar-refractivity contribution in [1.29, 1.82) is 0 Å². The Kier molecular flexibility index (Phi) is 26.5. The van der Waals surface area contributed by atoms with Gasteiger partial charge in [0.25, 0.3) is 0 Å². The van der Waals surface area contributed by atoms with Crippen LogP contribution in [0.25, 0.3) is 89.7 Å². The molecule has 4 aromatic carbocycles. The van der Waals surface area contributed by atoms with Crippen molar-refractivity contribution in [2.24, 2.45) is 0 Å². The zero-order valence-corrected chi connectivity index (χ0v) is 56.6. The molecular weight excluding hydrogens is 1070 g/mol. The molecule has 0 aliphatic carbocycles. The summed E-state index contributed by atoms with van der Waals surface area (Å²) in [5.41, 5.74) is 19.1. The zero-order chi connectivity index (χ0) is 61.5. The lowest BCUT2D eigenvalue weighted by Crippen LogP contribution is -1.98. The van der Waals surface area contributed by atoms with Crippen molar-refractivity contribution >= 4 is 44.1 Å². The molecule has 8 nitrogen and oxygen atoms in total. The second-order valence-corrected chi connectivity index (χ2v) is 26.8. The molecule has 0 fully saturated rings. The number of benzene rings is 4. The quantitative estimate of drug-likeness (QED) is 0.0370. The standard InChI is InChI=1S/C80H114N8/c1-9-17-25-33-41-57-49-65-66(50-58(57)42-34-26-18-10-2)74-81-73(65)85-75-67-51-59(43-35-27-19-11-3)60(44-36-28-20-12-4)52-68(67)77(82-75)87-79-71-55-63(47-39-31-23-15-7)64(48-40-32-24-16-8)56-72(71)80(84-79)88-78-70-54-62(46-38-30-22-14-6)61(45-37-29-21-13-5)53-69(70)76(83-78)86-74/h49-56H,9-48H2,1-8H3,(H2,81,82,83,84,85,86,87,88). The van der Waals surface area contributed by atoms with Crippen molar-refractivity contribution in [2.45, 2.75) is 312 Å². The predicted molar refractivity (Wildman–Crippen MR) is 379 cm³/mol. The molecule has 0 unspecified atom stereocenters. The molecule has 0 amide bonds. The molecule has 88 heavy (non-hydrogen) atoms. The van der Waals surface area contributed by atoms with Crippen molar-refractivity contribution < 1.29 is 0 Å². The lowest BCUT2D eigenvalue weighted by molar-refractivity contribution is 0.651. The van der Waals surface area contributed by atoms with Gasteiger partial charge in [0, 0.05) is 43.8 Å². The lowest BCUT2D eigenvalue weighted by atomic mass is 9.92. The van der Waals surface area contributed by atoms with Gasteiger partial charge < -0.3 is 9.97 Å². The van der Waals surface area contributed by atoms with E-state index in [0.29, 0.717) is 0 Å². The zero-order valence-electron chi connectivity index (χ0n) is 56.6. The van der Waals surface area contributed by atoms with Crippen LogP contribution < -0.4 is 0 Å². The third-order valence-electron chi connectivity index (χ3n) is 19.5. The van der Waals surface area contributed by atoms with Crippen LogP contribution in [0.1, 0.15) is 305 Å². The van der Waals surface area contributed by atoms with Crippen LogP contribution in [-0.4, -0.2) is 39.9 Å². The summed E-state index contributed by atoms with van der Waals surface area (Å²) < 4.78 is 0. The first-order valence-corrected chi connectivity index (χ1v) is 36.8. The summed E-state index contributed by atoms with van der Waals surface area (Å²) in [6.45, 7) is 18.5. The molecule has 2 aliphatic heterocycles. The van der Waals surface area contributed by atoms with E-state index in [4.69, 9.17) is 29.9 Å². The highest BCUT2D eigenvalue weighted by molar-refractivity contribution is 6.07. The summed E-state index contributed by atoms with van der Waals surface area (Å²) in [6, 6.07) is 19.9. The van der Waals surface area contributed by atoms with Crippen molar-refractivity contribution in [2.75, 3.05) is 0 Å². The molecule has 3 aromatic heterocycles. The molecule has 0 saturated carbocycles. The highest BCUT2D eigenvalue weighted by Gasteiger charge is 2.26. The molecular formula is C80H114N8. The fraction of sp³-hybridized carbons (Fsp3) is 0.600. The number of hydrogen-bond donors (Lipinski definition) is 2. The Morgan fingerprint density at radius 1 is 0.205 bits per heavy atom. The second kappa shape index (κ2) is 35.0. The average Bonchev–Trinajstić information content (AvgIpc) is 2.03. The smallest absolute Gasteiger partial charge is 0.164 e. The average molecular weight is 1190 g/mol. The SMILES string of the molecule is CCCCCCc1cc2c(cc1CCCCCC)-c1nc-2nc2[nH]c(nc3nc(nc4[nH]c(n1)c1cc(CCCCCC)c(CCCCCC)cc41)-c1cc(CCCCCC)c(CCCCCC)cc1-3)c1cc(CCCCCC)c(CCCCCC)cc21.